The van der Waals surface area contributed by atoms with Crippen molar-refractivity contribution in [2.75, 3.05) is 11.5 Å². The Labute approximate surface area is 102 Å². The Hall–Kier alpha value is -0.550. The van der Waals surface area contributed by atoms with E-state index in [-0.39, 0.29) is 0 Å². The van der Waals surface area contributed by atoms with E-state index in [2.05, 4.69) is 12.6 Å². The molecular weight excluding hydrogens is 253 g/mol. The van der Waals surface area contributed by atoms with Gasteiger partial charge in [0.2, 0.25) is 0 Å². The van der Waals surface area contributed by atoms with Gasteiger partial charge in [0.25, 0.3) is 0 Å². The quantitative estimate of drug-likeness (QED) is 0.481. The molecule has 1 rings (SSSR count). The predicted octanol–water partition coefficient (Wildman–Crippen LogP) is 4.28. The molecule has 0 unspecified atom stereocenters. The fourth-order valence-electron chi connectivity index (χ4n) is 1.05. The van der Waals surface area contributed by atoms with Gasteiger partial charge in [0.05, 0.1) is 5.56 Å². The summed E-state index contributed by atoms with van der Waals surface area (Å²) in [7, 11) is 0. The second-order valence-electron chi connectivity index (χ2n) is 2.99. The van der Waals surface area contributed by atoms with Crippen molar-refractivity contribution in [3.63, 3.8) is 0 Å². The Morgan fingerprint density at radius 3 is 2.62 bits per heavy atom. The normalized spacial score (nSPS) is 12.2. The molecule has 0 bridgehead atoms. The van der Waals surface area contributed by atoms with Crippen LogP contribution < -0.4 is 0 Å². The molecule has 0 saturated heterocycles. The number of rotatable bonds is 4. The van der Waals surface area contributed by atoms with Crippen molar-refractivity contribution in [3.8, 4) is 0 Å². The third-order valence-electron chi connectivity index (χ3n) is 1.78. The Morgan fingerprint density at radius 2 is 2.00 bits per heavy atom. The lowest BCUT2D eigenvalue weighted by Gasteiger charge is -2.07. The maximum Gasteiger partial charge on any atom is 0.416 e. The maximum absolute atomic E-state index is 12.4. The van der Waals surface area contributed by atoms with E-state index in [1.54, 1.807) is 6.07 Å². The maximum atomic E-state index is 12.4. The van der Waals surface area contributed by atoms with E-state index in [9.17, 15) is 13.2 Å². The number of alkyl halides is 3. The minimum Gasteiger partial charge on any atom is -0.175 e. The van der Waals surface area contributed by atoms with E-state index < -0.39 is 11.7 Å². The molecule has 1 aromatic rings. The second-order valence-corrected chi connectivity index (χ2v) is 4.45. The van der Waals surface area contributed by atoms with E-state index in [0.717, 1.165) is 6.07 Å². The summed E-state index contributed by atoms with van der Waals surface area (Å²) in [5.74, 6) is 1.30. The Morgan fingerprint density at radius 1 is 1.25 bits per heavy atom. The van der Waals surface area contributed by atoms with E-state index in [4.69, 9.17) is 0 Å². The van der Waals surface area contributed by atoms with E-state index in [0.29, 0.717) is 16.4 Å². The highest BCUT2D eigenvalue weighted by Crippen LogP contribution is 2.31. The summed E-state index contributed by atoms with van der Waals surface area (Å²) in [4.78, 5) is 0.624. The Bertz CT molecular complexity index is 358. The van der Waals surface area contributed by atoms with Crippen LogP contribution in [0.1, 0.15) is 5.56 Å². The van der Waals surface area contributed by atoms with Gasteiger partial charge in [-0.1, -0.05) is 18.2 Å². The monoisotopic (exact) mass is 264 g/mol. The van der Waals surface area contributed by atoms with Gasteiger partial charge < -0.3 is 0 Å². The highest BCUT2D eigenvalue weighted by atomic mass is 32.2. The SMILES string of the molecule is FC(F)(F)c1cccc(SCC=CCS)c1. The fraction of sp³-hybridized carbons (Fsp3) is 0.273. The molecule has 16 heavy (non-hydrogen) atoms. The zero-order valence-corrected chi connectivity index (χ0v) is 10.1. The molecule has 0 spiro atoms. The summed E-state index contributed by atoms with van der Waals surface area (Å²) >= 11 is 5.36. The van der Waals surface area contributed by atoms with Crippen LogP contribution in [0.5, 0.6) is 0 Å². The molecule has 0 saturated carbocycles. The number of hydrogen-bond donors (Lipinski definition) is 1. The van der Waals surface area contributed by atoms with Crippen LogP contribution in [0.4, 0.5) is 13.2 Å². The van der Waals surface area contributed by atoms with Crippen LogP contribution in [0.2, 0.25) is 0 Å². The molecular formula is C11H11F3S2. The van der Waals surface area contributed by atoms with Crippen molar-refractivity contribution in [2.24, 2.45) is 0 Å². The van der Waals surface area contributed by atoms with E-state index in [1.807, 2.05) is 12.2 Å². The average molecular weight is 264 g/mol. The summed E-state index contributed by atoms with van der Waals surface area (Å²) in [6, 6.07) is 5.34. The number of halogens is 3. The van der Waals surface area contributed by atoms with Crippen LogP contribution >= 0.6 is 24.4 Å². The average Bonchev–Trinajstić information content (AvgIpc) is 2.24. The first-order chi connectivity index (χ1) is 7.54. The minimum atomic E-state index is -4.27. The lowest BCUT2D eigenvalue weighted by molar-refractivity contribution is -0.137. The molecule has 0 fully saturated rings. The Kier molecular flexibility index (Phi) is 5.28. The Balaban J connectivity index is 2.65. The lowest BCUT2D eigenvalue weighted by Crippen LogP contribution is -2.04. The van der Waals surface area contributed by atoms with Crippen molar-refractivity contribution in [1.82, 2.24) is 0 Å². The van der Waals surface area contributed by atoms with Crippen molar-refractivity contribution >= 4 is 24.4 Å². The van der Waals surface area contributed by atoms with Crippen molar-refractivity contribution < 1.29 is 13.2 Å². The van der Waals surface area contributed by atoms with Gasteiger partial charge in [0, 0.05) is 16.4 Å². The summed E-state index contributed by atoms with van der Waals surface area (Å²) in [6.07, 6.45) is -0.515. The third-order valence-corrected chi connectivity index (χ3v) is 2.94. The number of benzene rings is 1. The predicted molar refractivity (Wildman–Crippen MR) is 65.2 cm³/mol. The summed E-state index contributed by atoms with van der Waals surface area (Å²) in [5.41, 5.74) is -0.601. The summed E-state index contributed by atoms with van der Waals surface area (Å²) in [6.45, 7) is 0. The van der Waals surface area contributed by atoms with Gasteiger partial charge in [-0.25, -0.2) is 0 Å². The molecule has 0 nitrogen and oxygen atoms in total. The number of thiol groups is 1. The topological polar surface area (TPSA) is 0 Å². The summed E-state index contributed by atoms with van der Waals surface area (Å²) in [5, 5.41) is 0. The van der Waals surface area contributed by atoms with Crippen molar-refractivity contribution in [3.05, 3.63) is 42.0 Å². The molecule has 0 amide bonds. The van der Waals surface area contributed by atoms with Gasteiger partial charge in [0.1, 0.15) is 0 Å². The van der Waals surface area contributed by atoms with Crippen LogP contribution in [0.25, 0.3) is 0 Å². The number of hydrogen-bond acceptors (Lipinski definition) is 2. The van der Waals surface area contributed by atoms with Crippen LogP contribution in [0, 0.1) is 0 Å². The fourth-order valence-corrected chi connectivity index (χ4v) is 2.01. The van der Waals surface area contributed by atoms with Gasteiger partial charge in [0.15, 0.2) is 0 Å². The number of thioether (sulfide) groups is 1. The standard InChI is InChI=1S/C11H11F3S2/c12-11(13,14)9-4-3-5-10(8-9)16-7-2-1-6-15/h1-5,8,15H,6-7H2. The molecule has 1 aromatic carbocycles. The van der Waals surface area contributed by atoms with Gasteiger partial charge in [-0.3, -0.25) is 0 Å². The van der Waals surface area contributed by atoms with E-state index >= 15 is 0 Å². The van der Waals surface area contributed by atoms with Gasteiger partial charge in [-0.2, -0.15) is 25.8 Å². The first kappa shape index (κ1) is 13.5. The van der Waals surface area contributed by atoms with Crippen LogP contribution in [0.3, 0.4) is 0 Å². The summed E-state index contributed by atoms with van der Waals surface area (Å²) < 4.78 is 37.1. The van der Waals surface area contributed by atoms with Gasteiger partial charge in [-0.15, -0.1) is 11.8 Å². The van der Waals surface area contributed by atoms with Gasteiger partial charge in [-0.05, 0) is 18.2 Å². The molecule has 0 aliphatic heterocycles. The molecule has 0 aliphatic carbocycles. The third kappa shape index (κ3) is 4.53. The zero-order chi connectivity index (χ0) is 12.0. The molecule has 0 radical (unpaired) electrons. The first-order valence-corrected chi connectivity index (χ1v) is 6.22. The zero-order valence-electron chi connectivity index (χ0n) is 8.37. The molecule has 0 aliphatic rings. The molecule has 0 atom stereocenters. The molecule has 0 N–H and O–H groups in total. The van der Waals surface area contributed by atoms with Crippen LogP contribution in [0.15, 0.2) is 41.3 Å². The van der Waals surface area contributed by atoms with Crippen molar-refractivity contribution in [1.29, 1.82) is 0 Å². The molecule has 88 valence electrons. The van der Waals surface area contributed by atoms with Crippen LogP contribution in [-0.4, -0.2) is 11.5 Å². The second kappa shape index (κ2) is 6.25. The minimum absolute atomic E-state index is 0.601. The largest absolute Gasteiger partial charge is 0.416 e. The van der Waals surface area contributed by atoms with Crippen LogP contribution in [-0.2, 0) is 6.18 Å². The molecule has 0 aromatic heterocycles. The van der Waals surface area contributed by atoms with Gasteiger partial charge >= 0.3 is 6.18 Å². The molecule has 0 heterocycles. The molecule has 5 heteroatoms. The van der Waals surface area contributed by atoms with Crippen molar-refractivity contribution in [2.45, 2.75) is 11.1 Å². The van der Waals surface area contributed by atoms with E-state index in [1.165, 1.54) is 23.9 Å². The highest BCUT2D eigenvalue weighted by molar-refractivity contribution is 7.99. The smallest absolute Gasteiger partial charge is 0.175 e. The lowest BCUT2D eigenvalue weighted by atomic mass is 10.2. The highest BCUT2D eigenvalue weighted by Gasteiger charge is 2.30. The first-order valence-electron chi connectivity index (χ1n) is 4.60.